The van der Waals surface area contributed by atoms with Gasteiger partial charge in [-0.05, 0) is 24.6 Å². The molecule has 1 aromatic carbocycles. The highest BCUT2D eigenvalue weighted by Gasteiger charge is 2.19. The van der Waals surface area contributed by atoms with Crippen molar-refractivity contribution in [1.29, 1.82) is 0 Å². The lowest BCUT2D eigenvalue weighted by Crippen LogP contribution is -2.38. The largest absolute Gasteiger partial charge is 0.397 e. The highest BCUT2D eigenvalue weighted by Crippen LogP contribution is 2.19. The minimum Gasteiger partial charge on any atom is -0.397 e. The number of nitrogen functional groups attached to an aromatic ring is 1. The van der Waals surface area contributed by atoms with Crippen molar-refractivity contribution in [1.82, 2.24) is 0 Å². The molecule has 0 unspecified atom stereocenters. The number of anilines is 2. The Hall–Kier alpha value is -1.59. The number of nitrogens with one attached hydrogen (secondary N) is 1. The summed E-state index contributed by atoms with van der Waals surface area (Å²) in [4.78, 5) is 11.6. The van der Waals surface area contributed by atoms with Crippen molar-refractivity contribution in [3.05, 3.63) is 23.8 Å². The molecule has 0 aliphatic carbocycles. The van der Waals surface area contributed by atoms with Crippen LogP contribution in [0.25, 0.3) is 0 Å². The molecular weight excluding hydrogens is 220 g/mol. The maximum absolute atomic E-state index is 11.6. The number of benzene rings is 1. The first-order chi connectivity index (χ1) is 8.15. The fourth-order valence-corrected chi connectivity index (χ4v) is 1.49. The maximum Gasteiger partial charge on any atom is 0.250 e. The Kier molecular flexibility index (Phi) is 3.61. The van der Waals surface area contributed by atoms with Crippen LogP contribution < -0.4 is 11.1 Å². The average Bonchev–Trinajstić information content (AvgIpc) is 2.20. The Morgan fingerprint density at radius 1 is 1.59 bits per heavy atom. The number of carbonyl (C=O) groups is 1. The standard InChI is InChI=1S/C12H16N2O3/c1-8-2-3-11(10(13)4-8)14-12(15)7-17-9-5-16-6-9/h2-4,9H,5-7,13H2,1H3,(H,14,15). The second-order valence-corrected chi connectivity index (χ2v) is 4.11. The highest BCUT2D eigenvalue weighted by atomic mass is 16.6. The van der Waals surface area contributed by atoms with Crippen molar-refractivity contribution in [2.45, 2.75) is 13.0 Å². The Balaban J connectivity index is 1.84. The lowest BCUT2D eigenvalue weighted by atomic mass is 10.2. The molecule has 17 heavy (non-hydrogen) atoms. The molecular formula is C12H16N2O3. The third-order valence-corrected chi connectivity index (χ3v) is 2.54. The number of rotatable bonds is 4. The Labute approximate surface area is 99.9 Å². The molecule has 0 spiro atoms. The van der Waals surface area contributed by atoms with Gasteiger partial charge in [0, 0.05) is 0 Å². The molecule has 1 amide bonds. The molecule has 1 aromatic rings. The lowest BCUT2D eigenvalue weighted by Gasteiger charge is -2.25. The van der Waals surface area contributed by atoms with Gasteiger partial charge in [-0.2, -0.15) is 0 Å². The summed E-state index contributed by atoms with van der Waals surface area (Å²) in [7, 11) is 0. The van der Waals surface area contributed by atoms with Gasteiger partial charge in [0.15, 0.2) is 0 Å². The topological polar surface area (TPSA) is 73.6 Å². The van der Waals surface area contributed by atoms with Crippen LogP contribution >= 0.6 is 0 Å². The van der Waals surface area contributed by atoms with Crippen LogP contribution in [0.2, 0.25) is 0 Å². The molecule has 92 valence electrons. The van der Waals surface area contributed by atoms with E-state index in [1.165, 1.54) is 0 Å². The van der Waals surface area contributed by atoms with Gasteiger partial charge in [0.1, 0.15) is 12.7 Å². The van der Waals surface area contributed by atoms with Crippen LogP contribution in [0.5, 0.6) is 0 Å². The molecule has 0 bridgehead atoms. The van der Waals surface area contributed by atoms with E-state index in [-0.39, 0.29) is 18.6 Å². The molecule has 1 aliphatic rings. The Morgan fingerprint density at radius 2 is 2.35 bits per heavy atom. The Morgan fingerprint density at radius 3 is 2.94 bits per heavy atom. The fourth-order valence-electron chi connectivity index (χ4n) is 1.49. The number of amides is 1. The van der Waals surface area contributed by atoms with Crippen LogP contribution in [-0.4, -0.2) is 31.8 Å². The molecule has 5 heteroatoms. The van der Waals surface area contributed by atoms with E-state index in [1.54, 1.807) is 6.07 Å². The van der Waals surface area contributed by atoms with Gasteiger partial charge in [-0.1, -0.05) is 6.07 Å². The van der Waals surface area contributed by atoms with E-state index in [4.69, 9.17) is 15.2 Å². The summed E-state index contributed by atoms with van der Waals surface area (Å²) in [6.07, 6.45) is 0.0520. The summed E-state index contributed by atoms with van der Waals surface area (Å²) in [6.45, 7) is 3.11. The monoisotopic (exact) mass is 236 g/mol. The third-order valence-electron chi connectivity index (χ3n) is 2.54. The number of hydrogen-bond acceptors (Lipinski definition) is 4. The normalized spacial score (nSPS) is 15.4. The van der Waals surface area contributed by atoms with Gasteiger partial charge < -0.3 is 20.5 Å². The van der Waals surface area contributed by atoms with Crippen LogP contribution in [0.1, 0.15) is 5.56 Å². The van der Waals surface area contributed by atoms with Gasteiger partial charge in [-0.15, -0.1) is 0 Å². The first-order valence-electron chi connectivity index (χ1n) is 5.50. The molecule has 0 aromatic heterocycles. The van der Waals surface area contributed by atoms with Crippen LogP contribution in [0.3, 0.4) is 0 Å². The van der Waals surface area contributed by atoms with Gasteiger partial charge in [0.05, 0.1) is 24.6 Å². The van der Waals surface area contributed by atoms with Gasteiger partial charge in [0.2, 0.25) is 5.91 Å². The zero-order chi connectivity index (χ0) is 12.3. The van der Waals surface area contributed by atoms with Crippen molar-refractivity contribution < 1.29 is 14.3 Å². The summed E-state index contributed by atoms with van der Waals surface area (Å²) in [6, 6.07) is 5.50. The van der Waals surface area contributed by atoms with Crippen LogP contribution in [0, 0.1) is 6.92 Å². The van der Waals surface area contributed by atoms with Crippen molar-refractivity contribution in [3.63, 3.8) is 0 Å². The van der Waals surface area contributed by atoms with Crippen LogP contribution in [0.4, 0.5) is 11.4 Å². The minimum atomic E-state index is -0.201. The summed E-state index contributed by atoms with van der Waals surface area (Å²) < 4.78 is 10.2. The van der Waals surface area contributed by atoms with Crippen molar-refractivity contribution in [2.75, 3.05) is 30.9 Å². The van der Waals surface area contributed by atoms with E-state index in [2.05, 4.69) is 5.32 Å². The molecule has 2 rings (SSSR count). The first-order valence-corrected chi connectivity index (χ1v) is 5.50. The Bertz CT molecular complexity index is 416. The second kappa shape index (κ2) is 5.16. The highest BCUT2D eigenvalue weighted by molar-refractivity contribution is 5.94. The lowest BCUT2D eigenvalue weighted by molar-refractivity contribution is -0.144. The molecule has 0 atom stereocenters. The smallest absolute Gasteiger partial charge is 0.250 e. The summed E-state index contributed by atoms with van der Waals surface area (Å²) >= 11 is 0. The number of hydrogen-bond donors (Lipinski definition) is 2. The van der Waals surface area contributed by atoms with Crippen LogP contribution in [-0.2, 0) is 14.3 Å². The number of carbonyl (C=O) groups excluding carboxylic acids is 1. The average molecular weight is 236 g/mol. The zero-order valence-corrected chi connectivity index (χ0v) is 9.73. The van der Waals surface area contributed by atoms with Crippen molar-refractivity contribution in [2.24, 2.45) is 0 Å². The van der Waals surface area contributed by atoms with Crippen LogP contribution in [0.15, 0.2) is 18.2 Å². The first kappa shape index (κ1) is 11.9. The molecule has 1 saturated heterocycles. The SMILES string of the molecule is Cc1ccc(NC(=O)COC2COC2)c(N)c1. The fraction of sp³-hybridized carbons (Fsp3) is 0.417. The van der Waals surface area contributed by atoms with E-state index in [9.17, 15) is 4.79 Å². The van der Waals surface area contributed by atoms with E-state index in [0.29, 0.717) is 24.6 Å². The number of aryl methyl sites for hydroxylation is 1. The molecule has 3 N–H and O–H groups in total. The van der Waals surface area contributed by atoms with Gasteiger partial charge in [0.25, 0.3) is 0 Å². The predicted octanol–water partition coefficient (Wildman–Crippen LogP) is 0.931. The maximum atomic E-state index is 11.6. The summed E-state index contributed by atoms with van der Waals surface area (Å²) in [5, 5.41) is 2.71. The number of nitrogens with two attached hydrogens (primary N) is 1. The molecule has 0 radical (unpaired) electrons. The van der Waals surface area contributed by atoms with Gasteiger partial charge in [-0.25, -0.2) is 0 Å². The van der Waals surface area contributed by atoms with E-state index < -0.39 is 0 Å². The molecule has 1 fully saturated rings. The molecule has 0 saturated carbocycles. The van der Waals surface area contributed by atoms with Crippen molar-refractivity contribution in [3.8, 4) is 0 Å². The minimum absolute atomic E-state index is 0.0291. The van der Waals surface area contributed by atoms with E-state index in [0.717, 1.165) is 5.56 Å². The third kappa shape index (κ3) is 3.18. The summed E-state index contributed by atoms with van der Waals surface area (Å²) in [5.74, 6) is -0.201. The van der Waals surface area contributed by atoms with E-state index >= 15 is 0 Å². The van der Waals surface area contributed by atoms with E-state index in [1.807, 2.05) is 19.1 Å². The molecule has 1 heterocycles. The van der Waals surface area contributed by atoms with Gasteiger partial charge in [-0.3, -0.25) is 4.79 Å². The predicted molar refractivity (Wildman–Crippen MR) is 64.8 cm³/mol. The molecule has 1 aliphatic heterocycles. The zero-order valence-electron chi connectivity index (χ0n) is 9.73. The van der Waals surface area contributed by atoms with Crippen molar-refractivity contribution >= 4 is 17.3 Å². The quantitative estimate of drug-likeness (QED) is 0.763. The molecule has 5 nitrogen and oxygen atoms in total. The van der Waals surface area contributed by atoms with Gasteiger partial charge >= 0.3 is 0 Å². The summed E-state index contributed by atoms with van der Waals surface area (Å²) in [5.41, 5.74) is 8.03. The number of ether oxygens (including phenoxy) is 2. The second-order valence-electron chi connectivity index (χ2n) is 4.11.